The Morgan fingerprint density at radius 2 is 1.78 bits per heavy atom. The number of aliphatic carboxylic acids is 1. The van der Waals surface area contributed by atoms with Gasteiger partial charge >= 0.3 is 12.3 Å². The van der Waals surface area contributed by atoms with E-state index in [1.54, 1.807) is 36.4 Å². The molecule has 3 N–H and O–H groups in total. The lowest BCUT2D eigenvalue weighted by atomic mass is 9.98. The molecule has 0 saturated heterocycles. The fraction of sp³-hybridized carbons (Fsp3) is 0.188. The molecular formula is C16H14F3NO3. The number of carboxylic acid groups (broad SMARTS) is 1. The first-order valence-corrected chi connectivity index (χ1v) is 6.68. The van der Waals surface area contributed by atoms with E-state index in [1.807, 2.05) is 0 Å². The summed E-state index contributed by atoms with van der Waals surface area (Å²) in [5.74, 6) is -1.57. The monoisotopic (exact) mass is 325 g/mol. The average molecular weight is 325 g/mol. The van der Waals surface area contributed by atoms with Gasteiger partial charge in [-0.05, 0) is 34.9 Å². The Morgan fingerprint density at radius 1 is 1.13 bits per heavy atom. The minimum atomic E-state index is -4.84. The summed E-state index contributed by atoms with van der Waals surface area (Å²) < 4.78 is 41.4. The molecule has 0 aliphatic rings. The van der Waals surface area contributed by atoms with Crippen LogP contribution in [-0.4, -0.2) is 17.4 Å². The van der Waals surface area contributed by atoms with Gasteiger partial charge in [-0.3, -0.25) is 4.79 Å². The molecule has 4 nitrogen and oxygen atoms in total. The van der Waals surface area contributed by atoms with Crippen LogP contribution < -0.4 is 10.5 Å². The molecule has 0 bridgehead atoms. The van der Waals surface area contributed by atoms with Crippen molar-refractivity contribution in [2.24, 2.45) is 5.73 Å². The highest BCUT2D eigenvalue weighted by Crippen LogP contribution is 2.32. The van der Waals surface area contributed by atoms with Crippen molar-refractivity contribution in [1.82, 2.24) is 0 Å². The SMILES string of the molecule is NC(CC(=O)O)c1cc(OC(F)(F)F)cc(-c2ccccc2)c1. The van der Waals surface area contributed by atoms with Gasteiger partial charge in [-0.15, -0.1) is 13.2 Å². The second-order valence-electron chi connectivity index (χ2n) is 4.91. The molecule has 1 atom stereocenters. The molecule has 0 aromatic heterocycles. The fourth-order valence-corrected chi connectivity index (χ4v) is 2.13. The van der Waals surface area contributed by atoms with Crippen molar-refractivity contribution in [3.05, 3.63) is 54.1 Å². The number of hydrogen-bond acceptors (Lipinski definition) is 3. The molecule has 1 unspecified atom stereocenters. The van der Waals surface area contributed by atoms with E-state index in [-0.39, 0.29) is 5.56 Å². The van der Waals surface area contributed by atoms with Gasteiger partial charge in [-0.1, -0.05) is 30.3 Å². The van der Waals surface area contributed by atoms with Gasteiger partial charge in [0.15, 0.2) is 0 Å². The van der Waals surface area contributed by atoms with E-state index >= 15 is 0 Å². The van der Waals surface area contributed by atoms with Gasteiger partial charge in [0, 0.05) is 6.04 Å². The maximum atomic E-state index is 12.5. The lowest BCUT2D eigenvalue weighted by molar-refractivity contribution is -0.274. The zero-order valence-electron chi connectivity index (χ0n) is 11.9. The van der Waals surface area contributed by atoms with Gasteiger partial charge in [0.2, 0.25) is 0 Å². The minimum Gasteiger partial charge on any atom is -0.481 e. The van der Waals surface area contributed by atoms with Crippen molar-refractivity contribution in [1.29, 1.82) is 0 Å². The molecule has 2 rings (SSSR count). The van der Waals surface area contributed by atoms with Gasteiger partial charge in [-0.25, -0.2) is 0 Å². The Bertz CT molecular complexity index is 687. The first-order chi connectivity index (χ1) is 10.7. The van der Waals surface area contributed by atoms with E-state index in [2.05, 4.69) is 4.74 Å². The molecule has 2 aromatic carbocycles. The molecule has 23 heavy (non-hydrogen) atoms. The molecule has 0 spiro atoms. The summed E-state index contributed by atoms with van der Waals surface area (Å²) >= 11 is 0. The van der Waals surface area contributed by atoms with Crippen LogP contribution in [0.1, 0.15) is 18.0 Å². The molecule has 122 valence electrons. The summed E-state index contributed by atoms with van der Waals surface area (Å²) in [5.41, 5.74) is 7.15. The van der Waals surface area contributed by atoms with Crippen molar-refractivity contribution < 1.29 is 27.8 Å². The fourth-order valence-electron chi connectivity index (χ4n) is 2.13. The third kappa shape index (κ3) is 5.00. The van der Waals surface area contributed by atoms with Crippen molar-refractivity contribution in [3.8, 4) is 16.9 Å². The van der Waals surface area contributed by atoms with E-state index in [1.165, 1.54) is 6.07 Å². The van der Waals surface area contributed by atoms with Crippen LogP contribution in [0.4, 0.5) is 13.2 Å². The molecule has 7 heteroatoms. The Hall–Kier alpha value is -2.54. The molecule has 0 saturated carbocycles. The summed E-state index contributed by atoms with van der Waals surface area (Å²) in [5, 5.41) is 8.80. The van der Waals surface area contributed by atoms with Crippen LogP contribution in [0.5, 0.6) is 5.75 Å². The predicted molar refractivity (Wildman–Crippen MR) is 77.7 cm³/mol. The number of alkyl halides is 3. The lowest BCUT2D eigenvalue weighted by Crippen LogP contribution is -2.18. The number of carboxylic acids is 1. The minimum absolute atomic E-state index is 0.257. The number of hydrogen-bond donors (Lipinski definition) is 2. The largest absolute Gasteiger partial charge is 0.573 e. The maximum absolute atomic E-state index is 12.5. The van der Waals surface area contributed by atoms with Crippen LogP contribution in [0, 0.1) is 0 Å². The first kappa shape index (κ1) is 16.8. The van der Waals surface area contributed by atoms with Crippen LogP contribution >= 0.6 is 0 Å². The van der Waals surface area contributed by atoms with Crippen molar-refractivity contribution in [3.63, 3.8) is 0 Å². The van der Waals surface area contributed by atoms with Crippen LogP contribution in [0.15, 0.2) is 48.5 Å². The average Bonchev–Trinajstić information content (AvgIpc) is 2.45. The Kier molecular flexibility index (Phi) is 4.90. The third-order valence-electron chi connectivity index (χ3n) is 3.09. The predicted octanol–water partition coefficient (Wildman–Crippen LogP) is 3.73. The zero-order chi connectivity index (χ0) is 17.0. The highest BCUT2D eigenvalue weighted by Gasteiger charge is 2.31. The number of nitrogens with two attached hydrogens (primary N) is 1. The highest BCUT2D eigenvalue weighted by atomic mass is 19.4. The Morgan fingerprint density at radius 3 is 2.35 bits per heavy atom. The lowest BCUT2D eigenvalue weighted by Gasteiger charge is -2.16. The molecule has 0 fully saturated rings. The number of halogens is 3. The second-order valence-corrected chi connectivity index (χ2v) is 4.91. The van der Waals surface area contributed by atoms with Gasteiger partial charge in [0.1, 0.15) is 5.75 Å². The standard InChI is InChI=1S/C16H14F3NO3/c17-16(18,19)23-13-7-11(10-4-2-1-3-5-10)6-12(8-13)14(20)9-15(21)22/h1-8,14H,9,20H2,(H,21,22). The maximum Gasteiger partial charge on any atom is 0.573 e. The number of rotatable bonds is 5. The number of carbonyl (C=O) groups is 1. The van der Waals surface area contributed by atoms with E-state index in [0.717, 1.165) is 6.07 Å². The Balaban J connectivity index is 2.45. The molecular weight excluding hydrogens is 311 g/mol. The first-order valence-electron chi connectivity index (χ1n) is 6.68. The van der Waals surface area contributed by atoms with Crippen molar-refractivity contribution >= 4 is 5.97 Å². The van der Waals surface area contributed by atoms with Crippen LogP contribution in [0.25, 0.3) is 11.1 Å². The normalized spacial score (nSPS) is 12.7. The summed E-state index contributed by atoms with van der Waals surface area (Å²) in [6.45, 7) is 0. The third-order valence-corrected chi connectivity index (χ3v) is 3.09. The van der Waals surface area contributed by atoms with Gasteiger partial charge < -0.3 is 15.6 Å². The molecule has 0 amide bonds. The second kappa shape index (κ2) is 6.70. The van der Waals surface area contributed by atoms with Crippen LogP contribution in [0.3, 0.4) is 0 Å². The number of benzene rings is 2. The molecule has 0 aliphatic carbocycles. The summed E-state index contributed by atoms with van der Waals surface area (Å²) in [4.78, 5) is 10.8. The summed E-state index contributed by atoms with van der Waals surface area (Å²) in [6.07, 6.45) is -5.24. The molecule has 0 heterocycles. The van der Waals surface area contributed by atoms with Gasteiger partial charge in [-0.2, -0.15) is 0 Å². The smallest absolute Gasteiger partial charge is 0.481 e. The van der Waals surface area contributed by atoms with Crippen molar-refractivity contribution in [2.75, 3.05) is 0 Å². The Labute approximate surface area is 130 Å². The van der Waals surface area contributed by atoms with Crippen LogP contribution in [0.2, 0.25) is 0 Å². The van der Waals surface area contributed by atoms with E-state index in [9.17, 15) is 18.0 Å². The quantitative estimate of drug-likeness (QED) is 0.878. The molecule has 0 aliphatic heterocycles. The van der Waals surface area contributed by atoms with Crippen LogP contribution in [-0.2, 0) is 4.79 Å². The van der Waals surface area contributed by atoms with E-state index in [0.29, 0.717) is 11.1 Å². The van der Waals surface area contributed by atoms with E-state index < -0.39 is 30.5 Å². The highest BCUT2D eigenvalue weighted by molar-refractivity contribution is 5.69. The van der Waals surface area contributed by atoms with Gasteiger partial charge in [0.25, 0.3) is 0 Å². The van der Waals surface area contributed by atoms with E-state index in [4.69, 9.17) is 10.8 Å². The summed E-state index contributed by atoms with van der Waals surface area (Å²) in [7, 11) is 0. The molecule has 0 radical (unpaired) electrons. The zero-order valence-corrected chi connectivity index (χ0v) is 11.9. The summed E-state index contributed by atoms with van der Waals surface area (Å²) in [6, 6.07) is 11.7. The number of ether oxygens (including phenoxy) is 1. The van der Waals surface area contributed by atoms with Crippen molar-refractivity contribution in [2.45, 2.75) is 18.8 Å². The molecule has 2 aromatic rings. The topological polar surface area (TPSA) is 72.6 Å². The van der Waals surface area contributed by atoms with Gasteiger partial charge in [0.05, 0.1) is 6.42 Å².